The average Bonchev–Trinajstić information content (AvgIpc) is 2.88. The number of hydrogen-bond acceptors (Lipinski definition) is 7. The summed E-state index contributed by atoms with van der Waals surface area (Å²) in [5.41, 5.74) is -1.13. The van der Waals surface area contributed by atoms with E-state index in [1.165, 1.54) is 24.2 Å². The second-order valence-corrected chi connectivity index (χ2v) is 13.9. The number of amides is 3. The van der Waals surface area contributed by atoms with Gasteiger partial charge in [0.15, 0.2) is 0 Å². The van der Waals surface area contributed by atoms with Gasteiger partial charge in [0.2, 0.25) is 5.91 Å². The van der Waals surface area contributed by atoms with Gasteiger partial charge in [-0.15, -0.1) is 0 Å². The first-order valence-electron chi connectivity index (χ1n) is 15.8. The molecule has 11 heteroatoms. The molecule has 0 aromatic carbocycles. The number of ether oxygens (including phenoxy) is 2. The maximum absolute atomic E-state index is 12.7. The molecular formula is C31H56N4O7. The number of nitrogens with zero attached hydrogens (tertiary/aromatic N) is 3. The van der Waals surface area contributed by atoms with Crippen molar-refractivity contribution in [1.29, 1.82) is 0 Å². The van der Waals surface area contributed by atoms with Gasteiger partial charge in [0, 0.05) is 38.3 Å². The molecule has 3 aliphatic rings. The molecule has 3 fully saturated rings. The monoisotopic (exact) mass is 596 g/mol. The normalized spacial score (nSPS) is 25.5. The van der Waals surface area contributed by atoms with Gasteiger partial charge in [-0.2, -0.15) is 0 Å². The molecule has 2 N–H and O–H groups in total. The lowest BCUT2D eigenvalue weighted by Gasteiger charge is -2.39. The molecule has 3 saturated heterocycles. The molecule has 3 rings (SSSR count). The number of nitrogens with one attached hydrogen (secondary N) is 1. The first-order valence-corrected chi connectivity index (χ1v) is 15.8. The number of aliphatic carboxylic acids is 1. The van der Waals surface area contributed by atoms with Crippen LogP contribution in [-0.2, 0) is 19.1 Å². The Hall–Kier alpha value is -2.56. The number of carbonyl (C=O) groups excluding carboxylic acids is 3. The molecule has 3 aliphatic heterocycles. The molecule has 0 unspecified atom stereocenters. The summed E-state index contributed by atoms with van der Waals surface area (Å²) in [6.45, 7) is 17.9. The minimum absolute atomic E-state index is 0.0483. The lowest BCUT2D eigenvalue weighted by atomic mass is 9.97. The largest absolute Gasteiger partial charge is 0.480 e. The maximum atomic E-state index is 12.7. The average molecular weight is 597 g/mol. The van der Waals surface area contributed by atoms with Crippen LogP contribution in [0, 0.1) is 0 Å². The maximum Gasteiger partial charge on any atom is 0.411 e. The summed E-state index contributed by atoms with van der Waals surface area (Å²) < 4.78 is 10.7. The van der Waals surface area contributed by atoms with Crippen LogP contribution in [0.5, 0.6) is 0 Å². The van der Waals surface area contributed by atoms with Crippen molar-refractivity contribution < 1.29 is 33.8 Å². The molecule has 11 nitrogen and oxygen atoms in total. The van der Waals surface area contributed by atoms with Crippen LogP contribution in [-0.4, -0.2) is 105 Å². The number of carboxylic acid groups (broad SMARTS) is 1. The van der Waals surface area contributed by atoms with Crippen molar-refractivity contribution in [1.82, 2.24) is 20.0 Å². The van der Waals surface area contributed by atoms with Gasteiger partial charge < -0.3 is 19.9 Å². The molecule has 4 atom stereocenters. The van der Waals surface area contributed by atoms with Gasteiger partial charge in [-0.1, -0.05) is 6.42 Å². The third-order valence-corrected chi connectivity index (χ3v) is 7.89. The Balaban J connectivity index is 0.000000330. The van der Waals surface area contributed by atoms with Gasteiger partial charge >= 0.3 is 18.2 Å². The van der Waals surface area contributed by atoms with Crippen molar-refractivity contribution in [3.05, 3.63) is 0 Å². The van der Waals surface area contributed by atoms with Crippen LogP contribution in [0.1, 0.15) is 113 Å². The van der Waals surface area contributed by atoms with Gasteiger partial charge in [0.25, 0.3) is 0 Å². The van der Waals surface area contributed by atoms with Gasteiger partial charge in [0.05, 0.1) is 0 Å². The Morgan fingerprint density at radius 2 is 1.17 bits per heavy atom. The zero-order valence-electron chi connectivity index (χ0n) is 27.2. The second-order valence-electron chi connectivity index (χ2n) is 13.9. The van der Waals surface area contributed by atoms with Gasteiger partial charge in [-0.05, 0) is 107 Å². The highest BCUT2D eigenvalue weighted by Crippen LogP contribution is 2.23. The molecule has 0 aliphatic carbocycles. The van der Waals surface area contributed by atoms with E-state index in [2.05, 4.69) is 24.1 Å². The van der Waals surface area contributed by atoms with Gasteiger partial charge in [-0.3, -0.25) is 19.5 Å². The summed E-state index contributed by atoms with van der Waals surface area (Å²) in [5, 5.41) is 12.1. The fraction of sp³-hybridized carbons (Fsp3) is 0.871. The van der Waals surface area contributed by atoms with Crippen LogP contribution in [0.3, 0.4) is 0 Å². The minimum atomic E-state index is -0.953. The van der Waals surface area contributed by atoms with E-state index in [4.69, 9.17) is 14.6 Å². The van der Waals surface area contributed by atoms with E-state index < -0.39 is 35.3 Å². The molecule has 0 aromatic heterocycles. The Bertz CT molecular complexity index is 904. The fourth-order valence-corrected chi connectivity index (χ4v) is 5.81. The molecule has 242 valence electrons. The second kappa shape index (κ2) is 15.8. The highest BCUT2D eigenvalue weighted by Gasteiger charge is 2.36. The lowest BCUT2D eigenvalue weighted by molar-refractivity contribution is -0.144. The van der Waals surface area contributed by atoms with Crippen LogP contribution in [0.25, 0.3) is 0 Å². The zero-order chi connectivity index (χ0) is 31.7. The zero-order valence-corrected chi connectivity index (χ0v) is 27.2. The van der Waals surface area contributed by atoms with Crippen molar-refractivity contribution in [2.24, 2.45) is 0 Å². The molecule has 3 amide bonds. The molecule has 42 heavy (non-hydrogen) atoms. The van der Waals surface area contributed by atoms with E-state index >= 15 is 0 Å². The van der Waals surface area contributed by atoms with Gasteiger partial charge in [-0.25, -0.2) is 14.4 Å². The van der Waals surface area contributed by atoms with Crippen molar-refractivity contribution in [2.75, 3.05) is 26.2 Å². The first kappa shape index (κ1) is 35.6. The SMILES string of the molecule is CC(C)(C)OC(=O)N1CCCC[C@H]1C(=O)O.C[C@@H]1CCC[C@H](C)N1CCNC(=O)[C@@H]1CCCCN1C(=O)OC(C)(C)C. The van der Waals surface area contributed by atoms with Crippen LogP contribution < -0.4 is 5.32 Å². The number of carboxylic acids is 1. The number of rotatable bonds is 5. The molecule has 0 radical (unpaired) electrons. The van der Waals surface area contributed by atoms with Crippen LogP contribution >= 0.6 is 0 Å². The van der Waals surface area contributed by atoms with E-state index in [9.17, 15) is 19.2 Å². The number of likely N-dealkylation sites (tertiary alicyclic amines) is 3. The summed E-state index contributed by atoms with van der Waals surface area (Å²) in [7, 11) is 0. The van der Waals surface area contributed by atoms with E-state index in [0.717, 1.165) is 32.2 Å². The predicted octanol–water partition coefficient (Wildman–Crippen LogP) is 5.02. The topological polar surface area (TPSA) is 129 Å². The number of carbonyl (C=O) groups is 4. The van der Waals surface area contributed by atoms with Crippen LogP contribution in [0.2, 0.25) is 0 Å². The van der Waals surface area contributed by atoms with Crippen LogP contribution in [0.4, 0.5) is 9.59 Å². The summed E-state index contributed by atoms with van der Waals surface area (Å²) in [6.07, 6.45) is 7.63. The van der Waals surface area contributed by atoms with Crippen LogP contribution in [0.15, 0.2) is 0 Å². The highest BCUT2D eigenvalue weighted by atomic mass is 16.6. The molecule has 0 spiro atoms. The highest BCUT2D eigenvalue weighted by molar-refractivity contribution is 5.86. The number of piperidine rings is 3. The lowest BCUT2D eigenvalue weighted by Crippen LogP contribution is -2.54. The van der Waals surface area contributed by atoms with Crippen molar-refractivity contribution in [2.45, 2.75) is 149 Å². The third-order valence-electron chi connectivity index (χ3n) is 7.89. The Morgan fingerprint density at radius 1 is 0.714 bits per heavy atom. The van der Waals surface area contributed by atoms with Crippen molar-refractivity contribution >= 4 is 24.1 Å². The molecule has 0 saturated carbocycles. The Morgan fingerprint density at radius 3 is 1.62 bits per heavy atom. The minimum Gasteiger partial charge on any atom is -0.480 e. The molecule has 0 bridgehead atoms. The summed E-state index contributed by atoms with van der Waals surface area (Å²) >= 11 is 0. The van der Waals surface area contributed by atoms with E-state index in [1.54, 1.807) is 25.7 Å². The predicted molar refractivity (Wildman–Crippen MR) is 161 cm³/mol. The van der Waals surface area contributed by atoms with Gasteiger partial charge in [0.1, 0.15) is 23.3 Å². The standard InChI is InChI=1S/C20H37N3O3.C11H19NO4/c1-15-9-8-10-16(2)22(15)14-12-21-18(24)17-11-6-7-13-23(17)19(25)26-20(3,4)5;1-11(2,3)16-10(15)12-7-5-4-6-8(12)9(13)14/h15-17H,6-14H2,1-5H3,(H,21,24);8H,4-7H2,1-3H3,(H,13,14)/t15-,16+,17-;8-/m00/s1. The van der Waals surface area contributed by atoms with Crippen molar-refractivity contribution in [3.63, 3.8) is 0 Å². The van der Waals surface area contributed by atoms with E-state index in [0.29, 0.717) is 44.6 Å². The van der Waals surface area contributed by atoms with E-state index in [1.807, 2.05) is 20.8 Å². The van der Waals surface area contributed by atoms with Crippen molar-refractivity contribution in [3.8, 4) is 0 Å². The smallest absolute Gasteiger partial charge is 0.411 e. The summed E-state index contributed by atoms with van der Waals surface area (Å²) in [6, 6.07) is 0.00518. The molecular weight excluding hydrogens is 540 g/mol. The number of hydrogen-bond donors (Lipinski definition) is 2. The Labute approximate surface area is 252 Å². The third kappa shape index (κ3) is 11.6. The quantitative estimate of drug-likeness (QED) is 0.453. The summed E-state index contributed by atoms with van der Waals surface area (Å²) in [5.74, 6) is -1.00. The fourth-order valence-electron chi connectivity index (χ4n) is 5.81. The first-order chi connectivity index (χ1) is 19.5. The molecule has 0 aromatic rings. The summed E-state index contributed by atoms with van der Waals surface area (Å²) in [4.78, 5) is 53.3. The van der Waals surface area contributed by atoms with E-state index in [-0.39, 0.29) is 12.0 Å². The Kier molecular flexibility index (Phi) is 13.4. The molecule has 3 heterocycles.